The van der Waals surface area contributed by atoms with Crippen molar-refractivity contribution in [3.63, 3.8) is 0 Å². The third-order valence-electron chi connectivity index (χ3n) is 5.98. The van der Waals surface area contributed by atoms with Crippen LogP contribution in [0.1, 0.15) is 39.2 Å². The highest BCUT2D eigenvalue weighted by Crippen LogP contribution is 2.45. The molecule has 1 aliphatic rings. The maximum absolute atomic E-state index is 11.1. The summed E-state index contributed by atoms with van der Waals surface area (Å²) in [5.41, 5.74) is 1.78. The van der Waals surface area contributed by atoms with E-state index < -0.39 is 8.07 Å². The molecular formula is C20H32O3Si. The first-order valence-electron chi connectivity index (χ1n) is 9.39. The molecule has 1 aromatic carbocycles. The molecule has 4 heteroatoms. The fraction of sp³-hybridized carbons (Fsp3) is 0.650. The predicted molar refractivity (Wildman–Crippen MR) is 101 cm³/mol. The molecule has 0 saturated carbocycles. The molecular weight excluding hydrogens is 316 g/mol. The number of carbonyl (C=O) groups excluding carboxylic acids is 1. The minimum absolute atomic E-state index is 0.111. The van der Waals surface area contributed by atoms with Gasteiger partial charge < -0.3 is 14.3 Å². The van der Waals surface area contributed by atoms with Crippen LogP contribution in [0, 0.1) is 0 Å². The summed E-state index contributed by atoms with van der Waals surface area (Å²) >= 11 is 0. The summed E-state index contributed by atoms with van der Waals surface area (Å²) in [4.78, 5) is 11.1. The summed E-state index contributed by atoms with van der Waals surface area (Å²) in [5.74, 6) is 0. The van der Waals surface area contributed by atoms with Gasteiger partial charge in [0, 0.05) is 6.42 Å². The van der Waals surface area contributed by atoms with Crippen LogP contribution in [-0.4, -0.2) is 33.2 Å². The van der Waals surface area contributed by atoms with Crippen molar-refractivity contribution in [3.05, 3.63) is 35.9 Å². The summed E-state index contributed by atoms with van der Waals surface area (Å²) < 4.78 is 12.1. The van der Waals surface area contributed by atoms with Crippen molar-refractivity contribution in [2.45, 2.75) is 76.1 Å². The molecule has 0 radical (unpaired) electrons. The van der Waals surface area contributed by atoms with E-state index in [1.54, 1.807) is 0 Å². The molecule has 1 fully saturated rings. The van der Waals surface area contributed by atoms with Gasteiger partial charge in [-0.1, -0.05) is 69.2 Å². The van der Waals surface area contributed by atoms with Crippen LogP contribution in [0.3, 0.4) is 0 Å². The van der Waals surface area contributed by atoms with E-state index in [0.717, 1.165) is 12.7 Å². The van der Waals surface area contributed by atoms with E-state index in [1.807, 2.05) is 18.2 Å². The number of aldehydes is 1. The lowest BCUT2D eigenvalue weighted by atomic mass is 10.1. The smallest absolute Gasteiger partial charge is 0.122 e. The maximum atomic E-state index is 11.1. The fourth-order valence-corrected chi connectivity index (χ4v) is 9.16. The maximum Gasteiger partial charge on any atom is 0.122 e. The van der Waals surface area contributed by atoms with E-state index in [4.69, 9.17) is 9.47 Å². The Morgan fingerprint density at radius 2 is 1.83 bits per heavy atom. The number of carbonyl (C=O) groups is 1. The lowest BCUT2D eigenvalue weighted by Crippen LogP contribution is -2.41. The zero-order valence-corrected chi connectivity index (χ0v) is 16.4. The highest BCUT2D eigenvalue weighted by atomic mass is 28.3. The molecule has 1 aromatic rings. The van der Waals surface area contributed by atoms with Crippen molar-refractivity contribution in [3.8, 4) is 0 Å². The van der Waals surface area contributed by atoms with Crippen LogP contribution in [-0.2, 0) is 20.9 Å². The van der Waals surface area contributed by atoms with E-state index in [9.17, 15) is 4.79 Å². The van der Waals surface area contributed by atoms with Crippen molar-refractivity contribution in [2.24, 2.45) is 0 Å². The number of rotatable bonds is 10. The summed E-state index contributed by atoms with van der Waals surface area (Å²) in [6.07, 6.45) is 2.88. The molecule has 24 heavy (non-hydrogen) atoms. The Bertz CT molecular complexity index is 479. The summed E-state index contributed by atoms with van der Waals surface area (Å²) in [6, 6.07) is 14.1. The molecule has 0 aliphatic carbocycles. The molecule has 0 bridgehead atoms. The van der Waals surface area contributed by atoms with Crippen LogP contribution in [0.5, 0.6) is 0 Å². The van der Waals surface area contributed by atoms with Gasteiger partial charge in [0.2, 0.25) is 0 Å². The lowest BCUT2D eigenvalue weighted by molar-refractivity contribution is -0.110. The highest BCUT2D eigenvalue weighted by Gasteiger charge is 2.47. The molecule has 0 amide bonds. The Morgan fingerprint density at radius 3 is 2.42 bits per heavy atom. The Kier molecular flexibility index (Phi) is 7.66. The van der Waals surface area contributed by atoms with Crippen molar-refractivity contribution in [1.29, 1.82) is 0 Å². The van der Waals surface area contributed by atoms with E-state index in [1.165, 1.54) is 23.7 Å². The van der Waals surface area contributed by atoms with Crippen molar-refractivity contribution in [2.75, 3.05) is 6.61 Å². The molecule has 134 valence electrons. The third kappa shape index (κ3) is 4.56. The van der Waals surface area contributed by atoms with Crippen LogP contribution >= 0.6 is 0 Å². The van der Waals surface area contributed by atoms with E-state index in [-0.39, 0.29) is 12.2 Å². The monoisotopic (exact) mass is 348 g/mol. The molecule has 0 spiro atoms. The van der Waals surface area contributed by atoms with Gasteiger partial charge in [-0.15, -0.1) is 0 Å². The van der Waals surface area contributed by atoms with Gasteiger partial charge >= 0.3 is 0 Å². The minimum Gasteiger partial charge on any atom is -0.374 e. The van der Waals surface area contributed by atoms with Crippen molar-refractivity contribution < 1.29 is 14.3 Å². The van der Waals surface area contributed by atoms with Crippen molar-refractivity contribution >= 4 is 14.4 Å². The second kappa shape index (κ2) is 9.49. The normalized spacial score (nSPS) is 24.2. The molecule has 0 unspecified atom stereocenters. The SMILES string of the molecule is CC[Si](CC)(CC)[C@@H]1C[C@H](COCc2ccccc2)O[C@@H]1CC=O. The van der Waals surface area contributed by atoms with Gasteiger partial charge in [0.15, 0.2) is 0 Å². The Labute approximate surface area is 147 Å². The van der Waals surface area contributed by atoms with Gasteiger partial charge in [-0.2, -0.15) is 0 Å². The first-order chi connectivity index (χ1) is 11.7. The Hall–Kier alpha value is -0.973. The molecule has 3 nitrogen and oxygen atoms in total. The average Bonchev–Trinajstić information content (AvgIpc) is 3.02. The Balaban J connectivity index is 1.94. The first-order valence-corrected chi connectivity index (χ1v) is 12.1. The lowest BCUT2D eigenvalue weighted by Gasteiger charge is -2.37. The zero-order chi connectivity index (χ0) is 17.4. The molecule has 0 aromatic heterocycles. The van der Waals surface area contributed by atoms with Gasteiger partial charge in [0.1, 0.15) is 6.29 Å². The number of ether oxygens (including phenoxy) is 2. The standard InChI is InChI=1S/C20H32O3Si/c1-4-24(5-2,6-3)20-14-18(23-19(20)12-13-21)16-22-15-17-10-8-7-9-11-17/h7-11,13,18-20H,4-6,12,14-16H2,1-3H3/t18-,19-,20-/m1/s1. The van der Waals surface area contributed by atoms with Gasteiger partial charge in [0.25, 0.3) is 0 Å². The summed E-state index contributed by atoms with van der Waals surface area (Å²) in [6.45, 7) is 8.24. The molecule has 2 rings (SSSR count). The van der Waals surface area contributed by atoms with E-state index in [0.29, 0.717) is 25.2 Å². The number of hydrogen-bond donors (Lipinski definition) is 0. The quantitative estimate of drug-likeness (QED) is 0.449. The van der Waals surface area contributed by atoms with Crippen LogP contribution in [0.2, 0.25) is 23.7 Å². The second-order valence-electron chi connectivity index (χ2n) is 6.96. The average molecular weight is 349 g/mol. The second-order valence-corrected chi connectivity index (χ2v) is 12.6. The zero-order valence-electron chi connectivity index (χ0n) is 15.4. The molecule has 0 N–H and O–H groups in total. The van der Waals surface area contributed by atoms with Crippen LogP contribution in [0.25, 0.3) is 0 Å². The first kappa shape index (κ1) is 19.4. The summed E-state index contributed by atoms with van der Waals surface area (Å²) in [7, 11) is -1.37. The topological polar surface area (TPSA) is 35.5 Å². The van der Waals surface area contributed by atoms with Gasteiger partial charge in [-0.25, -0.2) is 0 Å². The highest BCUT2D eigenvalue weighted by molar-refractivity contribution is 6.81. The summed E-state index contributed by atoms with van der Waals surface area (Å²) in [5, 5.41) is 0. The van der Waals surface area contributed by atoms with Crippen LogP contribution in [0.4, 0.5) is 0 Å². The minimum atomic E-state index is -1.37. The molecule has 3 atom stereocenters. The largest absolute Gasteiger partial charge is 0.374 e. The molecule has 1 saturated heterocycles. The fourth-order valence-electron chi connectivity index (χ4n) is 4.32. The van der Waals surface area contributed by atoms with E-state index >= 15 is 0 Å². The molecule has 1 heterocycles. The van der Waals surface area contributed by atoms with Crippen LogP contribution in [0.15, 0.2) is 30.3 Å². The van der Waals surface area contributed by atoms with E-state index in [2.05, 4.69) is 32.9 Å². The third-order valence-corrected chi connectivity index (χ3v) is 12.4. The Morgan fingerprint density at radius 1 is 1.17 bits per heavy atom. The number of hydrogen-bond acceptors (Lipinski definition) is 3. The molecule has 1 aliphatic heterocycles. The van der Waals surface area contributed by atoms with Crippen molar-refractivity contribution in [1.82, 2.24) is 0 Å². The van der Waals surface area contributed by atoms with Crippen LogP contribution < -0.4 is 0 Å². The van der Waals surface area contributed by atoms with Gasteiger partial charge in [-0.3, -0.25) is 0 Å². The predicted octanol–water partition coefficient (Wildman–Crippen LogP) is 4.83. The van der Waals surface area contributed by atoms with Gasteiger partial charge in [-0.05, 0) is 17.5 Å². The van der Waals surface area contributed by atoms with Gasteiger partial charge in [0.05, 0.1) is 33.5 Å². The number of benzene rings is 1.